The van der Waals surface area contributed by atoms with Crippen LogP contribution >= 0.6 is 0 Å². The van der Waals surface area contributed by atoms with Gasteiger partial charge in [0.25, 0.3) is 5.91 Å². The van der Waals surface area contributed by atoms with Gasteiger partial charge in [0.2, 0.25) is 0 Å². The van der Waals surface area contributed by atoms with E-state index in [4.69, 9.17) is 9.47 Å². The molecule has 4 rings (SSSR count). The van der Waals surface area contributed by atoms with Crippen molar-refractivity contribution in [2.45, 2.75) is 6.92 Å². The summed E-state index contributed by atoms with van der Waals surface area (Å²) in [5.74, 6) is 1.61. The zero-order valence-corrected chi connectivity index (χ0v) is 17.5. The molecule has 0 N–H and O–H groups in total. The van der Waals surface area contributed by atoms with E-state index in [0.717, 1.165) is 41.7 Å². The topological polar surface area (TPSA) is 59.8 Å². The van der Waals surface area contributed by atoms with Crippen molar-refractivity contribution in [2.75, 3.05) is 45.3 Å². The molecule has 0 saturated carbocycles. The molecule has 0 aliphatic carbocycles. The molecule has 7 heteroatoms. The summed E-state index contributed by atoms with van der Waals surface area (Å²) in [6.07, 6.45) is 0. The molecule has 1 saturated heterocycles. The number of aryl methyl sites for hydroxylation is 1. The lowest BCUT2D eigenvalue weighted by molar-refractivity contribution is 0.0737. The fourth-order valence-electron chi connectivity index (χ4n) is 3.69. The molecule has 0 spiro atoms. The van der Waals surface area contributed by atoms with Crippen LogP contribution < -0.4 is 14.4 Å². The molecule has 1 aliphatic heterocycles. The average molecular weight is 406 g/mol. The zero-order valence-electron chi connectivity index (χ0n) is 17.5. The molecule has 1 fully saturated rings. The molecule has 0 unspecified atom stereocenters. The van der Waals surface area contributed by atoms with E-state index in [2.05, 4.69) is 22.1 Å². The van der Waals surface area contributed by atoms with Crippen LogP contribution in [0.3, 0.4) is 0 Å². The van der Waals surface area contributed by atoms with Crippen molar-refractivity contribution >= 4 is 11.6 Å². The van der Waals surface area contributed by atoms with Crippen molar-refractivity contribution in [1.82, 2.24) is 14.7 Å². The van der Waals surface area contributed by atoms with Gasteiger partial charge in [-0.15, -0.1) is 0 Å². The van der Waals surface area contributed by atoms with E-state index in [1.165, 1.54) is 0 Å². The Hall–Kier alpha value is -3.48. The van der Waals surface area contributed by atoms with Crippen molar-refractivity contribution in [3.8, 4) is 17.2 Å². The Morgan fingerprint density at radius 3 is 1.90 bits per heavy atom. The van der Waals surface area contributed by atoms with Gasteiger partial charge in [-0.05, 0) is 61.5 Å². The second-order valence-electron chi connectivity index (χ2n) is 7.26. The Bertz CT molecular complexity index is 1000. The predicted molar refractivity (Wildman–Crippen MR) is 116 cm³/mol. The standard InChI is InChI=1S/C23H26N4O3/c1-17-16-22(27(24-17)19-6-10-21(30-3)11-7-19)23(28)26-14-12-25(13-15-26)18-4-8-20(29-2)9-5-18/h4-11,16H,12-15H2,1-3H3. The summed E-state index contributed by atoms with van der Waals surface area (Å²) < 4.78 is 12.2. The number of carbonyl (C=O) groups is 1. The van der Waals surface area contributed by atoms with Crippen molar-refractivity contribution < 1.29 is 14.3 Å². The summed E-state index contributed by atoms with van der Waals surface area (Å²) >= 11 is 0. The van der Waals surface area contributed by atoms with E-state index in [9.17, 15) is 4.79 Å². The Morgan fingerprint density at radius 2 is 1.37 bits per heavy atom. The predicted octanol–water partition coefficient (Wildman–Crippen LogP) is 3.16. The maximum atomic E-state index is 13.3. The molecule has 3 aromatic rings. The molecule has 0 bridgehead atoms. The first-order chi connectivity index (χ1) is 14.6. The van der Waals surface area contributed by atoms with Crippen molar-refractivity contribution in [2.24, 2.45) is 0 Å². The first-order valence-corrected chi connectivity index (χ1v) is 9.98. The molecule has 2 heterocycles. The highest BCUT2D eigenvalue weighted by Crippen LogP contribution is 2.22. The van der Waals surface area contributed by atoms with E-state index in [1.807, 2.05) is 54.3 Å². The average Bonchev–Trinajstić information content (AvgIpc) is 3.20. The lowest BCUT2D eigenvalue weighted by Gasteiger charge is -2.36. The number of carbonyl (C=O) groups excluding carboxylic acids is 1. The van der Waals surface area contributed by atoms with Crippen LogP contribution in [0.25, 0.3) is 5.69 Å². The van der Waals surface area contributed by atoms with Crippen molar-refractivity contribution in [3.05, 3.63) is 66.0 Å². The van der Waals surface area contributed by atoms with E-state index in [-0.39, 0.29) is 5.91 Å². The number of nitrogens with zero attached hydrogens (tertiary/aromatic N) is 4. The number of ether oxygens (including phenoxy) is 2. The van der Waals surface area contributed by atoms with Crippen molar-refractivity contribution in [3.63, 3.8) is 0 Å². The molecular formula is C23H26N4O3. The summed E-state index contributed by atoms with van der Waals surface area (Å²) in [4.78, 5) is 17.4. The van der Waals surface area contributed by atoms with Gasteiger partial charge in [-0.3, -0.25) is 4.79 Å². The second kappa shape index (κ2) is 8.49. The minimum absolute atomic E-state index is 0.000740. The summed E-state index contributed by atoms with van der Waals surface area (Å²) in [6.45, 7) is 4.80. The van der Waals surface area contributed by atoms with E-state index in [0.29, 0.717) is 18.8 Å². The minimum atomic E-state index is 0.000740. The van der Waals surface area contributed by atoms with Gasteiger partial charge < -0.3 is 19.3 Å². The Morgan fingerprint density at radius 1 is 0.833 bits per heavy atom. The molecular weight excluding hydrogens is 380 g/mol. The number of piperazine rings is 1. The van der Waals surface area contributed by atoms with Gasteiger partial charge in [0.15, 0.2) is 0 Å². The number of hydrogen-bond acceptors (Lipinski definition) is 5. The van der Waals surface area contributed by atoms with E-state index in [1.54, 1.807) is 18.9 Å². The number of anilines is 1. The number of methoxy groups -OCH3 is 2. The summed E-state index contributed by atoms with van der Waals surface area (Å²) in [6, 6.07) is 17.4. The minimum Gasteiger partial charge on any atom is -0.497 e. The van der Waals surface area contributed by atoms with Crippen LogP contribution in [0.4, 0.5) is 5.69 Å². The molecule has 0 atom stereocenters. The molecule has 2 aromatic carbocycles. The number of amides is 1. The summed E-state index contributed by atoms with van der Waals surface area (Å²) in [5, 5.41) is 4.54. The summed E-state index contributed by atoms with van der Waals surface area (Å²) in [7, 11) is 3.30. The lowest BCUT2D eigenvalue weighted by Crippen LogP contribution is -2.49. The monoisotopic (exact) mass is 406 g/mol. The third-order valence-corrected chi connectivity index (χ3v) is 5.37. The van der Waals surface area contributed by atoms with Gasteiger partial charge >= 0.3 is 0 Å². The third kappa shape index (κ3) is 3.96. The van der Waals surface area contributed by atoms with Crippen LogP contribution in [0, 0.1) is 6.92 Å². The van der Waals surface area contributed by atoms with Crippen LogP contribution in [0.2, 0.25) is 0 Å². The van der Waals surface area contributed by atoms with Gasteiger partial charge in [-0.25, -0.2) is 4.68 Å². The van der Waals surface area contributed by atoms with Gasteiger partial charge in [-0.2, -0.15) is 5.10 Å². The Balaban J connectivity index is 1.47. The molecule has 1 amide bonds. The first kappa shape index (κ1) is 19.8. The van der Waals surface area contributed by atoms with Gasteiger partial charge in [0.05, 0.1) is 25.6 Å². The number of aromatic nitrogens is 2. The highest BCUT2D eigenvalue weighted by Gasteiger charge is 2.25. The third-order valence-electron chi connectivity index (χ3n) is 5.37. The quantitative estimate of drug-likeness (QED) is 0.651. The maximum Gasteiger partial charge on any atom is 0.272 e. The van der Waals surface area contributed by atoms with Crippen LogP contribution in [0.1, 0.15) is 16.2 Å². The number of benzene rings is 2. The van der Waals surface area contributed by atoms with Crippen LogP contribution in [0.15, 0.2) is 54.6 Å². The largest absolute Gasteiger partial charge is 0.497 e. The van der Waals surface area contributed by atoms with Crippen LogP contribution in [-0.4, -0.2) is 61.0 Å². The highest BCUT2D eigenvalue weighted by atomic mass is 16.5. The fourth-order valence-corrected chi connectivity index (χ4v) is 3.69. The van der Waals surface area contributed by atoms with Crippen LogP contribution in [0.5, 0.6) is 11.5 Å². The van der Waals surface area contributed by atoms with E-state index >= 15 is 0 Å². The molecule has 7 nitrogen and oxygen atoms in total. The SMILES string of the molecule is COc1ccc(N2CCN(C(=O)c3cc(C)nn3-c3ccc(OC)cc3)CC2)cc1. The van der Waals surface area contributed by atoms with Crippen LogP contribution in [-0.2, 0) is 0 Å². The molecule has 30 heavy (non-hydrogen) atoms. The summed E-state index contributed by atoms with van der Waals surface area (Å²) in [5.41, 5.74) is 3.37. The van der Waals surface area contributed by atoms with Gasteiger partial charge in [0, 0.05) is 31.9 Å². The first-order valence-electron chi connectivity index (χ1n) is 9.98. The van der Waals surface area contributed by atoms with Gasteiger partial charge in [0.1, 0.15) is 17.2 Å². The second-order valence-corrected chi connectivity index (χ2v) is 7.26. The molecule has 1 aromatic heterocycles. The fraction of sp³-hybridized carbons (Fsp3) is 0.304. The molecule has 0 radical (unpaired) electrons. The van der Waals surface area contributed by atoms with E-state index < -0.39 is 0 Å². The zero-order chi connectivity index (χ0) is 21.1. The Kier molecular flexibility index (Phi) is 5.61. The molecule has 1 aliphatic rings. The molecule has 156 valence electrons. The smallest absolute Gasteiger partial charge is 0.272 e. The maximum absolute atomic E-state index is 13.3. The van der Waals surface area contributed by atoms with Crippen molar-refractivity contribution in [1.29, 1.82) is 0 Å². The number of hydrogen-bond donors (Lipinski definition) is 0. The normalized spacial score (nSPS) is 14.0. The highest BCUT2D eigenvalue weighted by molar-refractivity contribution is 5.93. The lowest BCUT2D eigenvalue weighted by atomic mass is 10.2. The number of rotatable bonds is 5. The van der Waals surface area contributed by atoms with Gasteiger partial charge in [-0.1, -0.05) is 0 Å². The Labute approximate surface area is 176 Å².